The highest BCUT2D eigenvalue weighted by atomic mass is 16.6. The molecule has 0 amide bonds. The van der Waals surface area contributed by atoms with Crippen LogP contribution < -0.4 is 5.32 Å². The molecule has 4 nitrogen and oxygen atoms in total. The van der Waals surface area contributed by atoms with Crippen LogP contribution in [0.25, 0.3) is 0 Å². The van der Waals surface area contributed by atoms with Crippen LogP contribution in [0.3, 0.4) is 0 Å². The van der Waals surface area contributed by atoms with Crippen LogP contribution in [0, 0.1) is 16.0 Å². The second-order valence-corrected chi connectivity index (χ2v) is 5.70. The predicted molar refractivity (Wildman–Crippen MR) is 80.8 cm³/mol. The third-order valence-electron chi connectivity index (χ3n) is 4.24. The van der Waals surface area contributed by atoms with Gasteiger partial charge >= 0.3 is 0 Å². The van der Waals surface area contributed by atoms with Crippen molar-refractivity contribution in [3.05, 3.63) is 39.9 Å². The van der Waals surface area contributed by atoms with E-state index < -0.39 is 0 Å². The van der Waals surface area contributed by atoms with Crippen molar-refractivity contribution in [1.29, 1.82) is 0 Å². The van der Waals surface area contributed by atoms with Gasteiger partial charge in [0.1, 0.15) is 0 Å². The topological polar surface area (TPSA) is 55.2 Å². The molecule has 2 unspecified atom stereocenters. The van der Waals surface area contributed by atoms with Gasteiger partial charge in [-0.15, -0.1) is 0 Å². The van der Waals surface area contributed by atoms with E-state index in [1.807, 2.05) is 12.1 Å². The first-order valence-electron chi connectivity index (χ1n) is 7.68. The minimum Gasteiger partial charge on any atom is -0.314 e. The van der Waals surface area contributed by atoms with Gasteiger partial charge < -0.3 is 5.32 Å². The second-order valence-electron chi connectivity index (χ2n) is 5.70. The lowest BCUT2D eigenvalue weighted by Crippen LogP contribution is -2.39. The highest BCUT2D eigenvalue weighted by Gasteiger charge is 2.26. The summed E-state index contributed by atoms with van der Waals surface area (Å²) in [7, 11) is 0. The van der Waals surface area contributed by atoms with Crippen LogP contribution in [-0.4, -0.2) is 17.5 Å². The molecule has 0 aliphatic heterocycles. The van der Waals surface area contributed by atoms with Crippen LogP contribution in [-0.2, 0) is 6.42 Å². The number of nitro groups is 1. The number of hydrogen-bond acceptors (Lipinski definition) is 3. The van der Waals surface area contributed by atoms with E-state index in [-0.39, 0.29) is 10.6 Å². The molecule has 1 aromatic carbocycles. The molecule has 1 aliphatic rings. The van der Waals surface area contributed by atoms with Crippen molar-refractivity contribution in [2.45, 2.75) is 51.5 Å². The number of nitro benzene ring substituents is 1. The molecule has 1 fully saturated rings. The normalized spacial score (nSPS) is 22.6. The van der Waals surface area contributed by atoms with Crippen LogP contribution in [0.15, 0.2) is 24.3 Å². The van der Waals surface area contributed by atoms with Crippen LogP contribution in [0.5, 0.6) is 0 Å². The lowest BCUT2D eigenvalue weighted by Gasteiger charge is -2.32. The molecule has 2 atom stereocenters. The lowest BCUT2D eigenvalue weighted by molar-refractivity contribution is -0.385. The molecule has 0 radical (unpaired) electrons. The van der Waals surface area contributed by atoms with Gasteiger partial charge in [0.15, 0.2) is 0 Å². The minimum absolute atomic E-state index is 0.257. The average molecular weight is 276 g/mol. The van der Waals surface area contributed by atoms with E-state index in [4.69, 9.17) is 0 Å². The molecule has 0 saturated heterocycles. The van der Waals surface area contributed by atoms with Gasteiger partial charge in [0.05, 0.1) is 4.92 Å². The summed E-state index contributed by atoms with van der Waals surface area (Å²) >= 11 is 0. The maximum atomic E-state index is 11.1. The van der Waals surface area contributed by atoms with Crippen molar-refractivity contribution < 1.29 is 4.92 Å². The smallest absolute Gasteiger partial charge is 0.272 e. The van der Waals surface area contributed by atoms with Gasteiger partial charge in [0, 0.05) is 17.7 Å². The van der Waals surface area contributed by atoms with Crippen molar-refractivity contribution in [2.75, 3.05) is 6.54 Å². The van der Waals surface area contributed by atoms with Gasteiger partial charge in [-0.25, -0.2) is 0 Å². The van der Waals surface area contributed by atoms with Crippen molar-refractivity contribution in [3.63, 3.8) is 0 Å². The zero-order valence-corrected chi connectivity index (χ0v) is 12.2. The van der Waals surface area contributed by atoms with Crippen molar-refractivity contribution in [1.82, 2.24) is 5.32 Å². The Balaban J connectivity index is 2.08. The first-order chi connectivity index (χ1) is 9.72. The molecule has 0 heterocycles. The maximum Gasteiger partial charge on any atom is 0.272 e. The number of hydrogen-bond donors (Lipinski definition) is 1. The van der Waals surface area contributed by atoms with Crippen LogP contribution >= 0.6 is 0 Å². The Labute approximate surface area is 120 Å². The highest BCUT2D eigenvalue weighted by Crippen LogP contribution is 2.30. The third-order valence-corrected chi connectivity index (χ3v) is 4.24. The second kappa shape index (κ2) is 7.39. The minimum atomic E-state index is -0.257. The van der Waals surface area contributed by atoms with Crippen molar-refractivity contribution >= 4 is 5.69 Å². The van der Waals surface area contributed by atoms with Gasteiger partial charge in [0.25, 0.3) is 5.69 Å². The van der Waals surface area contributed by atoms with Crippen molar-refractivity contribution in [3.8, 4) is 0 Å². The summed E-state index contributed by atoms with van der Waals surface area (Å²) in [6.07, 6.45) is 6.84. The van der Waals surface area contributed by atoms with Gasteiger partial charge in [-0.2, -0.15) is 0 Å². The largest absolute Gasteiger partial charge is 0.314 e. The summed E-state index contributed by atoms with van der Waals surface area (Å²) in [6, 6.07) is 7.69. The zero-order chi connectivity index (χ0) is 14.4. The fraction of sp³-hybridized carbons (Fsp3) is 0.625. The first kappa shape index (κ1) is 15.0. The SMILES string of the molecule is CCCNC1CCCCC1Cc1ccccc1[N+](=O)[O-]. The van der Waals surface area contributed by atoms with E-state index in [1.54, 1.807) is 12.1 Å². The predicted octanol–water partition coefficient (Wildman–Crippen LogP) is 3.70. The molecule has 110 valence electrons. The average Bonchev–Trinajstić information content (AvgIpc) is 2.47. The summed E-state index contributed by atoms with van der Waals surface area (Å²) in [5.74, 6) is 0.524. The molecule has 0 aromatic heterocycles. The Kier molecular flexibility index (Phi) is 5.53. The Morgan fingerprint density at radius 2 is 2.05 bits per heavy atom. The van der Waals surface area contributed by atoms with Crippen LogP contribution in [0.1, 0.15) is 44.6 Å². The Morgan fingerprint density at radius 3 is 2.80 bits per heavy atom. The Hall–Kier alpha value is -1.42. The van der Waals surface area contributed by atoms with Crippen LogP contribution in [0.2, 0.25) is 0 Å². The van der Waals surface area contributed by atoms with E-state index >= 15 is 0 Å². The standard InChI is InChI=1S/C16H24N2O2/c1-2-11-17-15-9-5-3-7-13(15)12-14-8-4-6-10-16(14)18(19)20/h4,6,8,10,13,15,17H,2-3,5,7,9,11-12H2,1H3. The fourth-order valence-electron chi connectivity index (χ4n) is 3.19. The number of benzene rings is 1. The van der Waals surface area contributed by atoms with E-state index in [0.29, 0.717) is 12.0 Å². The molecule has 20 heavy (non-hydrogen) atoms. The number of rotatable bonds is 6. The summed E-state index contributed by atoms with van der Waals surface area (Å²) in [4.78, 5) is 10.8. The van der Waals surface area contributed by atoms with Gasteiger partial charge in [0.2, 0.25) is 0 Å². The molecule has 0 spiro atoms. The summed E-state index contributed by atoms with van der Waals surface area (Å²) in [6.45, 7) is 3.21. The van der Waals surface area contributed by atoms with Gasteiger partial charge in [-0.1, -0.05) is 38.0 Å². The van der Waals surface area contributed by atoms with Gasteiger partial charge in [-0.3, -0.25) is 10.1 Å². The molecular weight excluding hydrogens is 252 g/mol. The monoisotopic (exact) mass is 276 g/mol. The highest BCUT2D eigenvalue weighted by molar-refractivity contribution is 5.40. The number of nitrogens with one attached hydrogen (secondary N) is 1. The summed E-state index contributed by atoms with van der Waals surface area (Å²) in [5.41, 5.74) is 1.15. The first-order valence-corrected chi connectivity index (χ1v) is 7.68. The molecule has 4 heteroatoms. The molecule has 1 aliphatic carbocycles. The number of nitrogens with zero attached hydrogens (tertiary/aromatic N) is 1. The Morgan fingerprint density at radius 1 is 1.30 bits per heavy atom. The maximum absolute atomic E-state index is 11.1. The molecule has 1 N–H and O–H groups in total. The molecular formula is C16H24N2O2. The van der Waals surface area contributed by atoms with Gasteiger partial charge in [-0.05, 0) is 38.1 Å². The molecule has 0 bridgehead atoms. The van der Waals surface area contributed by atoms with E-state index in [1.165, 1.54) is 25.7 Å². The number of para-hydroxylation sites is 1. The van der Waals surface area contributed by atoms with E-state index in [0.717, 1.165) is 24.9 Å². The van der Waals surface area contributed by atoms with Crippen molar-refractivity contribution in [2.24, 2.45) is 5.92 Å². The van der Waals surface area contributed by atoms with E-state index in [9.17, 15) is 10.1 Å². The quantitative estimate of drug-likeness (QED) is 0.636. The lowest BCUT2D eigenvalue weighted by atomic mass is 9.80. The van der Waals surface area contributed by atoms with E-state index in [2.05, 4.69) is 12.2 Å². The third kappa shape index (κ3) is 3.79. The fourth-order valence-corrected chi connectivity index (χ4v) is 3.19. The molecule has 2 rings (SSSR count). The van der Waals surface area contributed by atoms with Crippen LogP contribution in [0.4, 0.5) is 5.69 Å². The summed E-state index contributed by atoms with van der Waals surface area (Å²) < 4.78 is 0. The Bertz CT molecular complexity index is 448. The zero-order valence-electron chi connectivity index (χ0n) is 12.2. The molecule has 1 saturated carbocycles. The molecule has 1 aromatic rings. The summed E-state index contributed by atoms with van der Waals surface area (Å²) in [5, 5.41) is 14.7.